The fourth-order valence-electron chi connectivity index (χ4n) is 1.51. The quantitative estimate of drug-likeness (QED) is 0.752. The first-order valence-corrected chi connectivity index (χ1v) is 4.91. The lowest BCUT2D eigenvalue weighted by Gasteiger charge is -2.11. The highest BCUT2D eigenvalue weighted by atomic mass is 15.1. The zero-order valence-corrected chi connectivity index (χ0v) is 9.01. The van der Waals surface area contributed by atoms with Crippen LogP contribution >= 0.6 is 0 Å². The van der Waals surface area contributed by atoms with Gasteiger partial charge in [-0.25, -0.2) is 4.98 Å². The average molecular weight is 200 g/mol. The summed E-state index contributed by atoms with van der Waals surface area (Å²) in [5.41, 5.74) is 1.13. The summed E-state index contributed by atoms with van der Waals surface area (Å²) in [6, 6.07) is 10.9. The van der Waals surface area contributed by atoms with Crippen LogP contribution in [-0.2, 0) is 6.54 Å². The molecule has 0 aliphatic carbocycles. The van der Waals surface area contributed by atoms with Gasteiger partial charge in [0, 0.05) is 18.1 Å². The van der Waals surface area contributed by atoms with Gasteiger partial charge in [-0.3, -0.25) is 0 Å². The molecule has 1 aromatic carbocycles. The summed E-state index contributed by atoms with van der Waals surface area (Å²) in [6.07, 6.45) is 3.81. The van der Waals surface area contributed by atoms with Crippen molar-refractivity contribution >= 4 is 0 Å². The number of hydrogen-bond acceptors (Lipinski definition) is 2. The predicted octanol–water partition coefficient (Wildman–Crippen LogP) is 1.73. The molecule has 0 atom stereocenters. The Morgan fingerprint density at radius 3 is 2.73 bits per heavy atom. The lowest BCUT2D eigenvalue weighted by atomic mass is 10.3. The molecule has 1 aromatic heterocycles. The van der Waals surface area contributed by atoms with Gasteiger partial charge in [0.15, 0.2) is 0 Å². The van der Waals surface area contributed by atoms with Gasteiger partial charge < -0.3 is 9.47 Å². The maximum Gasteiger partial charge on any atom is 0.127 e. The highest BCUT2D eigenvalue weighted by Gasteiger charge is 2.04. The van der Waals surface area contributed by atoms with Crippen LogP contribution in [0.3, 0.4) is 0 Å². The topological polar surface area (TPSA) is 21.1 Å². The van der Waals surface area contributed by atoms with Crippen LogP contribution in [0, 0.1) is 6.07 Å². The molecule has 0 saturated heterocycles. The lowest BCUT2D eigenvalue weighted by molar-refractivity contribution is 0.388. The second-order valence-electron chi connectivity index (χ2n) is 3.71. The maximum atomic E-state index is 4.34. The smallest absolute Gasteiger partial charge is 0.127 e. The zero-order valence-electron chi connectivity index (χ0n) is 9.01. The Morgan fingerprint density at radius 2 is 2.07 bits per heavy atom. The molecule has 1 heterocycles. The van der Waals surface area contributed by atoms with Gasteiger partial charge in [-0.15, -0.1) is 0 Å². The molecule has 0 aliphatic rings. The van der Waals surface area contributed by atoms with Crippen LogP contribution in [-0.4, -0.2) is 28.5 Å². The largest absolute Gasteiger partial charge is 0.303 e. The molecular formula is C12H14N3. The second-order valence-corrected chi connectivity index (χ2v) is 3.71. The van der Waals surface area contributed by atoms with E-state index in [1.807, 2.05) is 50.8 Å². The molecule has 1 radical (unpaired) electrons. The van der Waals surface area contributed by atoms with Gasteiger partial charge in [0.1, 0.15) is 5.82 Å². The van der Waals surface area contributed by atoms with E-state index in [-0.39, 0.29) is 0 Å². The Kier molecular flexibility index (Phi) is 2.83. The van der Waals surface area contributed by atoms with Crippen molar-refractivity contribution in [2.45, 2.75) is 6.54 Å². The van der Waals surface area contributed by atoms with Crippen LogP contribution < -0.4 is 0 Å². The molecule has 0 amide bonds. The highest BCUT2D eigenvalue weighted by Crippen LogP contribution is 2.10. The molecule has 3 nitrogen and oxygen atoms in total. The Labute approximate surface area is 90.0 Å². The van der Waals surface area contributed by atoms with E-state index in [2.05, 4.69) is 20.5 Å². The Morgan fingerprint density at radius 1 is 1.33 bits per heavy atom. The molecular weight excluding hydrogens is 186 g/mol. The molecule has 0 saturated carbocycles. The third kappa shape index (κ3) is 2.25. The van der Waals surface area contributed by atoms with E-state index in [0.717, 1.165) is 18.1 Å². The Balaban J connectivity index is 2.33. The van der Waals surface area contributed by atoms with Crippen molar-refractivity contribution in [2.75, 3.05) is 14.1 Å². The predicted molar refractivity (Wildman–Crippen MR) is 59.8 cm³/mol. The molecule has 77 valence electrons. The molecule has 0 fully saturated rings. The van der Waals surface area contributed by atoms with Crippen molar-refractivity contribution in [3.05, 3.63) is 48.5 Å². The molecule has 0 N–H and O–H groups in total. The molecule has 2 rings (SSSR count). The minimum atomic E-state index is 0.839. The summed E-state index contributed by atoms with van der Waals surface area (Å²) in [4.78, 5) is 6.45. The van der Waals surface area contributed by atoms with E-state index < -0.39 is 0 Å². The van der Waals surface area contributed by atoms with Gasteiger partial charge >= 0.3 is 0 Å². The number of rotatable bonds is 3. The molecule has 0 bridgehead atoms. The SMILES string of the molecule is CN(C)Cc1nccn1-c1cc[c]cc1. The third-order valence-electron chi connectivity index (χ3n) is 2.15. The standard InChI is InChI=1S/C12H14N3/c1-14(2)10-12-13-8-9-15(12)11-6-4-3-5-7-11/h4-9H,10H2,1-2H3. The fraction of sp³-hybridized carbons (Fsp3) is 0.250. The first kappa shape index (κ1) is 9.93. The van der Waals surface area contributed by atoms with Crippen molar-refractivity contribution in [1.82, 2.24) is 14.5 Å². The van der Waals surface area contributed by atoms with Gasteiger partial charge in [-0.05, 0) is 32.3 Å². The van der Waals surface area contributed by atoms with Gasteiger partial charge in [0.25, 0.3) is 0 Å². The van der Waals surface area contributed by atoms with Gasteiger partial charge in [0.2, 0.25) is 0 Å². The monoisotopic (exact) mass is 200 g/mol. The van der Waals surface area contributed by atoms with E-state index in [1.54, 1.807) is 0 Å². The van der Waals surface area contributed by atoms with Crippen molar-refractivity contribution in [3.63, 3.8) is 0 Å². The van der Waals surface area contributed by atoms with E-state index in [1.165, 1.54) is 0 Å². The van der Waals surface area contributed by atoms with Gasteiger partial charge in [-0.1, -0.05) is 12.1 Å². The average Bonchev–Trinajstić information content (AvgIpc) is 2.66. The molecule has 2 aromatic rings. The van der Waals surface area contributed by atoms with Crippen molar-refractivity contribution in [2.24, 2.45) is 0 Å². The summed E-state index contributed by atoms with van der Waals surface area (Å²) in [6.45, 7) is 0.839. The number of nitrogens with zero attached hydrogens (tertiary/aromatic N) is 3. The normalized spacial score (nSPS) is 10.9. The number of benzene rings is 1. The van der Waals surface area contributed by atoms with Crippen LogP contribution in [0.4, 0.5) is 0 Å². The first-order valence-electron chi connectivity index (χ1n) is 4.91. The van der Waals surface area contributed by atoms with E-state index in [4.69, 9.17) is 0 Å². The van der Waals surface area contributed by atoms with Crippen molar-refractivity contribution < 1.29 is 0 Å². The van der Waals surface area contributed by atoms with Gasteiger partial charge in [0.05, 0.1) is 6.54 Å². The second kappa shape index (κ2) is 4.28. The summed E-state index contributed by atoms with van der Waals surface area (Å²) in [5, 5.41) is 0. The fourth-order valence-corrected chi connectivity index (χ4v) is 1.51. The molecule has 3 heteroatoms. The molecule has 0 unspecified atom stereocenters. The van der Waals surface area contributed by atoms with Crippen LogP contribution in [0.1, 0.15) is 5.82 Å². The van der Waals surface area contributed by atoms with Crippen LogP contribution in [0.5, 0.6) is 0 Å². The molecule has 0 aliphatic heterocycles. The maximum absolute atomic E-state index is 4.34. The minimum absolute atomic E-state index is 0.839. The third-order valence-corrected chi connectivity index (χ3v) is 2.15. The summed E-state index contributed by atoms with van der Waals surface area (Å²) in [5.74, 6) is 1.05. The van der Waals surface area contributed by atoms with Crippen molar-refractivity contribution in [3.8, 4) is 5.69 Å². The van der Waals surface area contributed by atoms with Crippen LogP contribution in [0.2, 0.25) is 0 Å². The zero-order chi connectivity index (χ0) is 10.7. The number of aromatic nitrogens is 2. The van der Waals surface area contributed by atoms with E-state index in [9.17, 15) is 0 Å². The Hall–Kier alpha value is -1.61. The number of imidazole rings is 1. The summed E-state index contributed by atoms with van der Waals surface area (Å²) < 4.78 is 2.09. The Bertz CT molecular complexity index is 417. The van der Waals surface area contributed by atoms with Crippen molar-refractivity contribution in [1.29, 1.82) is 0 Å². The van der Waals surface area contributed by atoms with E-state index >= 15 is 0 Å². The minimum Gasteiger partial charge on any atom is -0.303 e. The van der Waals surface area contributed by atoms with E-state index in [0.29, 0.717) is 0 Å². The van der Waals surface area contributed by atoms with Crippen LogP contribution in [0.15, 0.2) is 36.7 Å². The highest BCUT2D eigenvalue weighted by molar-refractivity contribution is 5.32. The number of hydrogen-bond donors (Lipinski definition) is 0. The lowest BCUT2D eigenvalue weighted by Crippen LogP contribution is -2.14. The first-order chi connectivity index (χ1) is 7.27. The van der Waals surface area contributed by atoms with Gasteiger partial charge in [-0.2, -0.15) is 0 Å². The summed E-state index contributed by atoms with van der Waals surface area (Å²) >= 11 is 0. The van der Waals surface area contributed by atoms with Crippen LogP contribution in [0.25, 0.3) is 5.69 Å². The summed E-state index contributed by atoms with van der Waals surface area (Å²) in [7, 11) is 4.08. The molecule has 15 heavy (non-hydrogen) atoms. The molecule has 0 spiro atoms.